The lowest BCUT2D eigenvalue weighted by Gasteiger charge is -2.09. The molecule has 2 aromatic carbocycles. The fourth-order valence-electron chi connectivity index (χ4n) is 2.04. The molecule has 0 saturated carbocycles. The van der Waals surface area contributed by atoms with Gasteiger partial charge in [0.15, 0.2) is 0 Å². The van der Waals surface area contributed by atoms with E-state index in [1.807, 2.05) is 0 Å². The lowest BCUT2D eigenvalue weighted by Crippen LogP contribution is -2.00. The molecule has 0 aliphatic carbocycles. The van der Waals surface area contributed by atoms with Crippen LogP contribution in [0.1, 0.15) is 0 Å². The molecular formula is C16H11Cl2FN4O2S. The topological polar surface area (TPSA) is 84.0 Å². The molecule has 134 valence electrons. The van der Waals surface area contributed by atoms with E-state index in [0.29, 0.717) is 17.2 Å². The monoisotopic (exact) mass is 412 g/mol. The molecule has 0 bridgehead atoms. The van der Waals surface area contributed by atoms with Crippen molar-refractivity contribution in [3.8, 4) is 0 Å². The fourth-order valence-corrected chi connectivity index (χ4v) is 2.99. The van der Waals surface area contributed by atoms with E-state index in [9.17, 15) is 12.8 Å². The normalized spacial score (nSPS) is 11.2. The Morgan fingerprint density at radius 3 is 2.31 bits per heavy atom. The van der Waals surface area contributed by atoms with Crippen LogP contribution >= 0.6 is 22.3 Å². The zero-order valence-electron chi connectivity index (χ0n) is 12.9. The van der Waals surface area contributed by atoms with Crippen LogP contribution in [0.15, 0.2) is 59.6 Å². The van der Waals surface area contributed by atoms with Gasteiger partial charge in [0.25, 0.3) is 9.05 Å². The van der Waals surface area contributed by atoms with E-state index < -0.39 is 14.9 Å². The largest absolute Gasteiger partial charge is 0.340 e. The van der Waals surface area contributed by atoms with Gasteiger partial charge in [-0.15, -0.1) is 0 Å². The predicted octanol–water partition coefficient (Wildman–Crippen LogP) is 4.68. The number of benzene rings is 2. The predicted molar refractivity (Wildman–Crippen MR) is 99.5 cm³/mol. The Labute approximate surface area is 158 Å². The minimum atomic E-state index is -3.77. The van der Waals surface area contributed by atoms with Crippen LogP contribution in [0, 0.1) is 5.82 Å². The maximum Gasteiger partial charge on any atom is 0.261 e. The highest BCUT2D eigenvalue weighted by atomic mass is 35.7. The fraction of sp³-hybridized carbons (Fsp3) is 0. The van der Waals surface area contributed by atoms with E-state index in [-0.39, 0.29) is 15.9 Å². The van der Waals surface area contributed by atoms with Crippen molar-refractivity contribution in [2.75, 3.05) is 10.6 Å². The van der Waals surface area contributed by atoms with Crippen molar-refractivity contribution in [2.45, 2.75) is 4.90 Å². The summed E-state index contributed by atoms with van der Waals surface area (Å²) in [7, 11) is 1.50. The van der Waals surface area contributed by atoms with Gasteiger partial charge in [-0.2, -0.15) is 4.98 Å². The Hall–Kier alpha value is -2.42. The first kappa shape index (κ1) is 18.4. The molecule has 0 amide bonds. The molecule has 0 saturated heterocycles. The molecular weight excluding hydrogens is 402 g/mol. The Balaban J connectivity index is 1.75. The summed E-state index contributed by atoms with van der Waals surface area (Å²) in [5, 5.41) is 5.93. The summed E-state index contributed by atoms with van der Waals surface area (Å²) in [6, 6.07) is 11.7. The number of hydrogen-bond donors (Lipinski definition) is 2. The summed E-state index contributed by atoms with van der Waals surface area (Å²) in [5.41, 5.74) is 1.15. The van der Waals surface area contributed by atoms with Gasteiger partial charge >= 0.3 is 0 Å². The molecule has 0 aliphatic heterocycles. The number of hydrogen-bond acceptors (Lipinski definition) is 6. The molecule has 3 aromatic rings. The van der Waals surface area contributed by atoms with E-state index in [0.717, 1.165) is 0 Å². The molecule has 2 N–H and O–H groups in total. The number of aromatic nitrogens is 2. The first-order chi connectivity index (χ1) is 12.3. The molecule has 0 atom stereocenters. The molecule has 0 radical (unpaired) electrons. The third-order valence-corrected chi connectivity index (χ3v) is 4.90. The molecule has 0 aliphatic rings. The molecule has 0 fully saturated rings. The third kappa shape index (κ3) is 4.60. The first-order valence-electron chi connectivity index (χ1n) is 7.18. The minimum absolute atomic E-state index is 0.00302. The number of halogens is 3. The number of nitrogens with one attached hydrogen (secondary N) is 2. The maximum atomic E-state index is 13.2. The van der Waals surface area contributed by atoms with E-state index in [1.165, 1.54) is 36.5 Å². The molecule has 3 rings (SSSR count). The van der Waals surface area contributed by atoms with Gasteiger partial charge in [0.05, 0.1) is 9.92 Å². The van der Waals surface area contributed by atoms with E-state index in [2.05, 4.69) is 20.6 Å². The second-order valence-electron chi connectivity index (χ2n) is 5.11. The van der Waals surface area contributed by atoms with Crippen molar-refractivity contribution < 1.29 is 12.8 Å². The zero-order chi connectivity index (χ0) is 18.7. The standard InChI is InChI=1S/C16H11Cl2FN4O2S/c17-13-9-11(3-6-14(13)19)21-15-7-8-20-16(23-15)22-10-1-4-12(5-2-10)26(18,24)25/h1-9H,(H2,20,21,22,23). The van der Waals surface area contributed by atoms with Gasteiger partial charge in [-0.1, -0.05) is 11.6 Å². The van der Waals surface area contributed by atoms with Crippen molar-refractivity contribution in [3.63, 3.8) is 0 Å². The second-order valence-corrected chi connectivity index (χ2v) is 8.08. The van der Waals surface area contributed by atoms with Crippen LogP contribution in [0.3, 0.4) is 0 Å². The number of rotatable bonds is 5. The smallest absolute Gasteiger partial charge is 0.261 e. The molecule has 6 nitrogen and oxygen atoms in total. The Bertz CT molecular complexity index is 1050. The molecule has 1 heterocycles. The van der Waals surface area contributed by atoms with Gasteiger partial charge in [0.2, 0.25) is 5.95 Å². The zero-order valence-corrected chi connectivity index (χ0v) is 15.3. The third-order valence-electron chi connectivity index (χ3n) is 3.24. The molecule has 1 aromatic heterocycles. The summed E-state index contributed by atoms with van der Waals surface area (Å²) in [6.45, 7) is 0. The summed E-state index contributed by atoms with van der Waals surface area (Å²) >= 11 is 5.75. The average molecular weight is 413 g/mol. The van der Waals surface area contributed by atoms with Crippen LogP contribution in [0.4, 0.5) is 27.5 Å². The van der Waals surface area contributed by atoms with E-state index in [4.69, 9.17) is 22.3 Å². The van der Waals surface area contributed by atoms with Gasteiger partial charge in [0.1, 0.15) is 11.6 Å². The van der Waals surface area contributed by atoms with Crippen LogP contribution < -0.4 is 10.6 Å². The Morgan fingerprint density at radius 1 is 0.962 bits per heavy atom. The highest BCUT2D eigenvalue weighted by molar-refractivity contribution is 8.13. The first-order valence-corrected chi connectivity index (χ1v) is 9.87. The Morgan fingerprint density at radius 2 is 1.65 bits per heavy atom. The van der Waals surface area contributed by atoms with Crippen LogP contribution in [-0.4, -0.2) is 18.4 Å². The van der Waals surface area contributed by atoms with Crippen molar-refractivity contribution in [2.24, 2.45) is 0 Å². The molecule has 10 heteroatoms. The SMILES string of the molecule is O=S(=O)(Cl)c1ccc(Nc2nccc(Nc3ccc(F)c(Cl)c3)n2)cc1. The summed E-state index contributed by atoms with van der Waals surface area (Å²) in [6.07, 6.45) is 1.53. The van der Waals surface area contributed by atoms with E-state index >= 15 is 0 Å². The Kier molecular flexibility index (Phi) is 5.26. The second kappa shape index (κ2) is 7.45. The average Bonchev–Trinajstić information content (AvgIpc) is 2.58. The van der Waals surface area contributed by atoms with Crippen LogP contribution in [0.25, 0.3) is 0 Å². The quantitative estimate of drug-likeness (QED) is 0.591. The molecule has 26 heavy (non-hydrogen) atoms. The van der Waals surface area contributed by atoms with Gasteiger partial charge in [-0.25, -0.2) is 17.8 Å². The molecule has 0 spiro atoms. The lowest BCUT2D eigenvalue weighted by atomic mass is 10.3. The number of anilines is 4. The summed E-state index contributed by atoms with van der Waals surface area (Å²) in [4.78, 5) is 8.35. The lowest BCUT2D eigenvalue weighted by molar-refractivity contribution is 0.609. The van der Waals surface area contributed by atoms with E-state index in [1.54, 1.807) is 18.2 Å². The van der Waals surface area contributed by atoms with Crippen molar-refractivity contribution >= 4 is 54.5 Å². The number of nitrogens with zero attached hydrogens (tertiary/aromatic N) is 2. The highest BCUT2D eigenvalue weighted by Gasteiger charge is 2.09. The van der Waals surface area contributed by atoms with Crippen molar-refractivity contribution in [3.05, 3.63) is 65.6 Å². The minimum Gasteiger partial charge on any atom is -0.340 e. The van der Waals surface area contributed by atoms with Crippen molar-refractivity contribution in [1.29, 1.82) is 0 Å². The van der Waals surface area contributed by atoms with Gasteiger partial charge in [0, 0.05) is 28.3 Å². The van der Waals surface area contributed by atoms with Crippen LogP contribution in [0.2, 0.25) is 5.02 Å². The van der Waals surface area contributed by atoms with Crippen molar-refractivity contribution in [1.82, 2.24) is 9.97 Å². The maximum absolute atomic E-state index is 13.2. The summed E-state index contributed by atoms with van der Waals surface area (Å²) in [5.74, 6) is 0.236. The van der Waals surface area contributed by atoms with Gasteiger partial charge in [-0.05, 0) is 48.5 Å². The highest BCUT2D eigenvalue weighted by Crippen LogP contribution is 2.23. The van der Waals surface area contributed by atoms with Crippen LogP contribution in [-0.2, 0) is 9.05 Å². The van der Waals surface area contributed by atoms with Crippen LogP contribution in [0.5, 0.6) is 0 Å². The van der Waals surface area contributed by atoms with Gasteiger partial charge < -0.3 is 10.6 Å². The summed E-state index contributed by atoms with van der Waals surface area (Å²) < 4.78 is 35.7. The van der Waals surface area contributed by atoms with Gasteiger partial charge in [-0.3, -0.25) is 0 Å². The molecule has 0 unspecified atom stereocenters.